The van der Waals surface area contributed by atoms with Crippen molar-refractivity contribution in [3.63, 3.8) is 0 Å². The van der Waals surface area contributed by atoms with Gasteiger partial charge in [-0.05, 0) is 61.5 Å². The van der Waals surface area contributed by atoms with Crippen LogP contribution in [0.4, 0.5) is 5.69 Å². The second-order valence-corrected chi connectivity index (χ2v) is 7.65. The Balaban J connectivity index is 1.65. The topological polar surface area (TPSA) is 38.3 Å². The van der Waals surface area contributed by atoms with Gasteiger partial charge in [-0.3, -0.25) is 4.79 Å². The molecule has 0 fully saturated rings. The number of anilines is 1. The molecule has 3 aromatic rings. The van der Waals surface area contributed by atoms with Crippen LogP contribution in [0.5, 0.6) is 5.75 Å². The Hall–Kier alpha value is -2.30. The van der Waals surface area contributed by atoms with Crippen molar-refractivity contribution in [3.05, 3.63) is 80.0 Å². The van der Waals surface area contributed by atoms with Crippen LogP contribution in [0.15, 0.2) is 47.8 Å². The van der Waals surface area contributed by atoms with E-state index in [2.05, 4.69) is 24.4 Å². The number of ether oxygens (including phenoxy) is 1. The SMILES string of the molecule is Cc1cc(C)c(OCc2csc(C(=O)Nc3cccc(Cl)c3)c2)c(C)c1. The van der Waals surface area contributed by atoms with Crippen LogP contribution in [0.2, 0.25) is 5.02 Å². The van der Waals surface area contributed by atoms with E-state index in [-0.39, 0.29) is 5.91 Å². The normalized spacial score (nSPS) is 10.6. The zero-order valence-electron chi connectivity index (χ0n) is 14.9. The molecular weight excluding hydrogens is 366 g/mol. The molecule has 0 aliphatic rings. The average molecular weight is 386 g/mol. The molecule has 3 nitrogen and oxygen atoms in total. The van der Waals surface area contributed by atoms with Gasteiger partial charge in [0, 0.05) is 16.3 Å². The first-order valence-corrected chi connectivity index (χ1v) is 9.53. The predicted molar refractivity (Wildman–Crippen MR) is 109 cm³/mol. The number of carbonyl (C=O) groups excluding carboxylic acids is 1. The van der Waals surface area contributed by atoms with Gasteiger partial charge in [0.15, 0.2) is 0 Å². The van der Waals surface area contributed by atoms with Crippen LogP contribution in [-0.2, 0) is 6.61 Å². The molecule has 0 saturated heterocycles. The van der Waals surface area contributed by atoms with E-state index in [1.165, 1.54) is 16.9 Å². The van der Waals surface area contributed by atoms with Crippen molar-refractivity contribution < 1.29 is 9.53 Å². The Morgan fingerprint density at radius 1 is 1.12 bits per heavy atom. The molecule has 1 amide bonds. The molecule has 2 aromatic carbocycles. The van der Waals surface area contributed by atoms with Crippen LogP contribution in [0.3, 0.4) is 0 Å². The van der Waals surface area contributed by atoms with Crippen molar-refractivity contribution >= 4 is 34.5 Å². The summed E-state index contributed by atoms with van der Waals surface area (Å²) in [4.78, 5) is 13.0. The van der Waals surface area contributed by atoms with Gasteiger partial charge in [0.2, 0.25) is 0 Å². The lowest BCUT2D eigenvalue weighted by atomic mass is 10.1. The number of hydrogen-bond acceptors (Lipinski definition) is 3. The van der Waals surface area contributed by atoms with E-state index >= 15 is 0 Å². The van der Waals surface area contributed by atoms with Crippen molar-refractivity contribution in [1.82, 2.24) is 0 Å². The third-order valence-electron chi connectivity index (χ3n) is 3.95. The number of benzene rings is 2. The molecule has 0 bridgehead atoms. The Bertz CT molecular complexity index is 926. The molecule has 0 aliphatic heterocycles. The fourth-order valence-corrected chi connectivity index (χ4v) is 3.86. The van der Waals surface area contributed by atoms with Crippen LogP contribution in [0.1, 0.15) is 31.9 Å². The molecule has 134 valence electrons. The van der Waals surface area contributed by atoms with Crippen molar-refractivity contribution in [2.75, 3.05) is 5.32 Å². The third-order valence-corrected chi connectivity index (χ3v) is 5.16. The quantitative estimate of drug-likeness (QED) is 0.571. The first kappa shape index (κ1) is 18.5. The standard InChI is InChI=1S/C21H20ClNO2S/c1-13-7-14(2)20(15(3)8-13)25-11-16-9-19(26-12-16)21(24)23-18-6-4-5-17(22)10-18/h4-10,12H,11H2,1-3H3,(H,23,24). The number of nitrogens with one attached hydrogen (secondary N) is 1. The number of carbonyl (C=O) groups is 1. The van der Waals surface area contributed by atoms with E-state index in [4.69, 9.17) is 16.3 Å². The molecule has 5 heteroatoms. The molecule has 0 aliphatic carbocycles. The van der Waals surface area contributed by atoms with Crippen LogP contribution >= 0.6 is 22.9 Å². The number of aryl methyl sites for hydroxylation is 3. The van der Waals surface area contributed by atoms with Gasteiger partial charge in [-0.2, -0.15) is 0 Å². The lowest BCUT2D eigenvalue weighted by molar-refractivity contribution is 0.103. The first-order valence-electron chi connectivity index (χ1n) is 8.27. The molecule has 26 heavy (non-hydrogen) atoms. The van der Waals surface area contributed by atoms with Crippen LogP contribution in [0.25, 0.3) is 0 Å². The van der Waals surface area contributed by atoms with Crippen molar-refractivity contribution in [2.24, 2.45) is 0 Å². The summed E-state index contributed by atoms with van der Waals surface area (Å²) in [6.07, 6.45) is 0. The Labute approximate surface area is 162 Å². The van der Waals surface area contributed by atoms with Gasteiger partial charge in [-0.15, -0.1) is 11.3 Å². The molecule has 1 aromatic heterocycles. The summed E-state index contributed by atoms with van der Waals surface area (Å²) >= 11 is 7.35. The lowest BCUT2D eigenvalue weighted by Crippen LogP contribution is -2.10. The first-order chi connectivity index (χ1) is 12.4. The van der Waals surface area contributed by atoms with E-state index < -0.39 is 0 Å². The second-order valence-electron chi connectivity index (χ2n) is 6.30. The van der Waals surface area contributed by atoms with E-state index in [0.717, 1.165) is 22.4 Å². The summed E-state index contributed by atoms with van der Waals surface area (Å²) in [5.41, 5.74) is 5.13. The van der Waals surface area contributed by atoms with Gasteiger partial charge in [-0.1, -0.05) is 35.4 Å². The zero-order valence-corrected chi connectivity index (χ0v) is 16.5. The molecule has 0 saturated carbocycles. The smallest absolute Gasteiger partial charge is 0.265 e. The minimum Gasteiger partial charge on any atom is -0.488 e. The van der Waals surface area contributed by atoms with Crippen molar-refractivity contribution in [3.8, 4) is 5.75 Å². The maximum Gasteiger partial charge on any atom is 0.265 e. The monoisotopic (exact) mass is 385 g/mol. The maximum absolute atomic E-state index is 12.4. The van der Waals surface area contributed by atoms with Crippen LogP contribution in [0, 0.1) is 20.8 Å². The Morgan fingerprint density at radius 3 is 2.54 bits per heavy atom. The summed E-state index contributed by atoms with van der Waals surface area (Å²) in [6, 6.07) is 13.2. The minimum absolute atomic E-state index is 0.147. The summed E-state index contributed by atoms with van der Waals surface area (Å²) in [5, 5.41) is 5.40. The fourth-order valence-electron chi connectivity index (χ4n) is 2.88. The molecule has 1 N–H and O–H groups in total. The highest BCUT2D eigenvalue weighted by Gasteiger charge is 2.11. The molecule has 3 rings (SSSR count). The predicted octanol–water partition coefficient (Wildman–Crippen LogP) is 6.16. The highest BCUT2D eigenvalue weighted by atomic mass is 35.5. The number of halogens is 1. The molecular formula is C21H20ClNO2S. The van der Waals surface area contributed by atoms with Crippen molar-refractivity contribution in [1.29, 1.82) is 0 Å². The zero-order chi connectivity index (χ0) is 18.7. The van der Waals surface area contributed by atoms with Gasteiger partial charge in [0.25, 0.3) is 5.91 Å². The molecule has 0 radical (unpaired) electrons. The molecule has 1 heterocycles. The lowest BCUT2D eigenvalue weighted by Gasteiger charge is -2.12. The third kappa shape index (κ3) is 4.45. The highest BCUT2D eigenvalue weighted by molar-refractivity contribution is 7.12. The summed E-state index contributed by atoms with van der Waals surface area (Å²) in [6.45, 7) is 6.61. The number of amides is 1. The van der Waals surface area contributed by atoms with Crippen LogP contribution in [-0.4, -0.2) is 5.91 Å². The number of hydrogen-bond donors (Lipinski definition) is 1. The highest BCUT2D eigenvalue weighted by Crippen LogP contribution is 2.26. The van der Waals surface area contributed by atoms with Gasteiger partial charge in [0.05, 0.1) is 4.88 Å². The van der Waals surface area contributed by atoms with E-state index in [1.54, 1.807) is 18.2 Å². The minimum atomic E-state index is -0.147. The van der Waals surface area contributed by atoms with E-state index in [1.807, 2.05) is 31.4 Å². The largest absolute Gasteiger partial charge is 0.488 e. The molecule has 0 atom stereocenters. The molecule has 0 spiro atoms. The van der Waals surface area contributed by atoms with Gasteiger partial charge >= 0.3 is 0 Å². The second kappa shape index (κ2) is 7.94. The summed E-state index contributed by atoms with van der Waals surface area (Å²) in [7, 11) is 0. The maximum atomic E-state index is 12.4. The summed E-state index contributed by atoms with van der Waals surface area (Å²) < 4.78 is 5.99. The number of thiophene rings is 1. The van der Waals surface area contributed by atoms with Crippen molar-refractivity contribution in [2.45, 2.75) is 27.4 Å². The van der Waals surface area contributed by atoms with Gasteiger partial charge < -0.3 is 10.1 Å². The average Bonchev–Trinajstić information content (AvgIpc) is 3.03. The Kier molecular flexibility index (Phi) is 5.64. The molecule has 0 unspecified atom stereocenters. The summed E-state index contributed by atoms with van der Waals surface area (Å²) in [5.74, 6) is 0.762. The Morgan fingerprint density at radius 2 is 1.85 bits per heavy atom. The fraction of sp³-hybridized carbons (Fsp3) is 0.190. The number of rotatable bonds is 5. The van der Waals surface area contributed by atoms with Crippen LogP contribution < -0.4 is 10.1 Å². The van der Waals surface area contributed by atoms with E-state index in [0.29, 0.717) is 22.2 Å². The van der Waals surface area contributed by atoms with E-state index in [9.17, 15) is 4.79 Å². The van der Waals surface area contributed by atoms with Gasteiger partial charge in [0.1, 0.15) is 12.4 Å². The van der Waals surface area contributed by atoms with Gasteiger partial charge in [-0.25, -0.2) is 0 Å².